The number of aromatic nitrogens is 2. The molecule has 5 heteroatoms. The average molecular weight is 260 g/mol. The highest BCUT2D eigenvalue weighted by atomic mass is 19.1. The molecule has 2 aromatic rings. The van der Waals surface area contributed by atoms with Gasteiger partial charge in [0, 0.05) is 26.0 Å². The summed E-state index contributed by atoms with van der Waals surface area (Å²) in [4.78, 5) is 10.5. The van der Waals surface area contributed by atoms with Crippen LogP contribution in [0.4, 0.5) is 10.3 Å². The minimum absolute atomic E-state index is 0.228. The number of halogens is 1. The average Bonchev–Trinajstić information content (AvgIpc) is 2.42. The van der Waals surface area contributed by atoms with Gasteiger partial charge in [-0.1, -0.05) is 12.1 Å². The van der Waals surface area contributed by atoms with Crippen molar-refractivity contribution in [3.8, 4) is 0 Å². The standard InChI is InChI=1S/C14H17FN4/c1-19(10-11-2-4-13(15)5-3-11)14-17-8-12(6-7-16)9-18-14/h2-5,8-9H,6-7,10,16H2,1H3. The molecular formula is C14H17FN4. The summed E-state index contributed by atoms with van der Waals surface area (Å²) < 4.78 is 12.8. The number of hydrogen-bond donors (Lipinski definition) is 1. The van der Waals surface area contributed by atoms with Crippen molar-refractivity contribution in [2.75, 3.05) is 18.5 Å². The van der Waals surface area contributed by atoms with E-state index in [1.54, 1.807) is 24.5 Å². The van der Waals surface area contributed by atoms with E-state index in [1.807, 2.05) is 11.9 Å². The van der Waals surface area contributed by atoms with Crippen molar-refractivity contribution in [1.82, 2.24) is 9.97 Å². The fourth-order valence-electron chi connectivity index (χ4n) is 1.78. The van der Waals surface area contributed by atoms with Gasteiger partial charge in [-0.15, -0.1) is 0 Å². The number of benzene rings is 1. The Kier molecular flexibility index (Phi) is 4.41. The van der Waals surface area contributed by atoms with Crippen molar-refractivity contribution in [3.63, 3.8) is 0 Å². The lowest BCUT2D eigenvalue weighted by Crippen LogP contribution is -2.19. The molecule has 0 unspecified atom stereocenters. The molecule has 19 heavy (non-hydrogen) atoms. The normalized spacial score (nSPS) is 10.5. The van der Waals surface area contributed by atoms with Gasteiger partial charge in [0.25, 0.3) is 0 Å². The summed E-state index contributed by atoms with van der Waals surface area (Å²) in [6.45, 7) is 1.23. The molecule has 0 atom stereocenters. The molecule has 0 aliphatic heterocycles. The fraction of sp³-hybridized carbons (Fsp3) is 0.286. The molecule has 0 spiro atoms. The minimum Gasteiger partial charge on any atom is -0.340 e. The smallest absolute Gasteiger partial charge is 0.225 e. The molecule has 1 heterocycles. The van der Waals surface area contributed by atoms with Gasteiger partial charge in [0.15, 0.2) is 0 Å². The summed E-state index contributed by atoms with van der Waals surface area (Å²) in [5, 5.41) is 0. The summed E-state index contributed by atoms with van der Waals surface area (Å²) >= 11 is 0. The van der Waals surface area contributed by atoms with Gasteiger partial charge in [0.2, 0.25) is 5.95 Å². The number of nitrogens with two attached hydrogens (primary N) is 1. The zero-order chi connectivity index (χ0) is 13.7. The van der Waals surface area contributed by atoms with Crippen LogP contribution in [0.1, 0.15) is 11.1 Å². The van der Waals surface area contributed by atoms with Crippen LogP contribution < -0.4 is 10.6 Å². The van der Waals surface area contributed by atoms with Crippen molar-refractivity contribution in [2.24, 2.45) is 5.73 Å². The van der Waals surface area contributed by atoms with Crippen molar-refractivity contribution in [1.29, 1.82) is 0 Å². The van der Waals surface area contributed by atoms with E-state index in [9.17, 15) is 4.39 Å². The first-order chi connectivity index (χ1) is 9.19. The van der Waals surface area contributed by atoms with Gasteiger partial charge in [-0.2, -0.15) is 0 Å². The van der Waals surface area contributed by atoms with Gasteiger partial charge in [0.05, 0.1) is 0 Å². The lowest BCUT2D eigenvalue weighted by molar-refractivity contribution is 0.627. The predicted octanol–water partition coefficient (Wildman–Crippen LogP) is 1.75. The highest BCUT2D eigenvalue weighted by Crippen LogP contribution is 2.11. The third-order valence-electron chi connectivity index (χ3n) is 2.80. The Labute approximate surface area is 112 Å². The number of hydrogen-bond acceptors (Lipinski definition) is 4. The van der Waals surface area contributed by atoms with E-state index in [0.29, 0.717) is 19.0 Å². The zero-order valence-corrected chi connectivity index (χ0v) is 10.9. The summed E-state index contributed by atoms with van der Waals surface area (Å²) in [7, 11) is 1.90. The lowest BCUT2D eigenvalue weighted by Gasteiger charge is -2.17. The van der Waals surface area contributed by atoms with Crippen molar-refractivity contribution in [2.45, 2.75) is 13.0 Å². The quantitative estimate of drug-likeness (QED) is 0.890. The van der Waals surface area contributed by atoms with Gasteiger partial charge in [-0.05, 0) is 36.2 Å². The molecule has 0 radical (unpaired) electrons. The first-order valence-electron chi connectivity index (χ1n) is 6.15. The van der Waals surface area contributed by atoms with Gasteiger partial charge < -0.3 is 10.6 Å². The molecule has 0 bridgehead atoms. The maximum atomic E-state index is 12.8. The van der Waals surface area contributed by atoms with E-state index in [0.717, 1.165) is 17.5 Å². The van der Waals surface area contributed by atoms with Crippen LogP contribution in [-0.2, 0) is 13.0 Å². The maximum absolute atomic E-state index is 12.8. The van der Waals surface area contributed by atoms with Crippen molar-refractivity contribution >= 4 is 5.95 Å². The molecule has 0 aliphatic rings. The van der Waals surface area contributed by atoms with Crippen LogP contribution in [0.2, 0.25) is 0 Å². The van der Waals surface area contributed by atoms with E-state index in [4.69, 9.17) is 5.73 Å². The second-order valence-corrected chi connectivity index (χ2v) is 4.41. The Morgan fingerprint density at radius 1 is 1.11 bits per heavy atom. The molecule has 2 N–H and O–H groups in total. The highest BCUT2D eigenvalue weighted by Gasteiger charge is 2.05. The molecule has 2 rings (SSSR count). The summed E-state index contributed by atoms with van der Waals surface area (Å²) in [5.41, 5.74) is 7.52. The Balaban J connectivity index is 2.02. The molecule has 0 amide bonds. The lowest BCUT2D eigenvalue weighted by atomic mass is 10.2. The minimum atomic E-state index is -0.228. The second-order valence-electron chi connectivity index (χ2n) is 4.41. The van der Waals surface area contributed by atoms with Crippen LogP contribution in [0, 0.1) is 5.82 Å². The number of rotatable bonds is 5. The molecule has 100 valence electrons. The third-order valence-corrected chi connectivity index (χ3v) is 2.80. The Morgan fingerprint density at radius 2 is 1.74 bits per heavy atom. The van der Waals surface area contributed by atoms with Gasteiger partial charge in [-0.3, -0.25) is 0 Å². The van der Waals surface area contributed by atoms with E-state index in [2.05, 4.69) is 9.97 Å². The Morgan fingerprint density at radius 3 is 2.32 bits per heavy atom. The summed E-state index contributed by atoms with van der Waals surface area (Å²) in [6, 6.07) is 6.42. The van der Waals surface area contributed by atoms with Crippen LogP contribution in [-0.4, -0.2) is 23.6 Å². The van der Waals surface area contributed by atoms with Gasteiger partial charge in [0.1, 0.15) is 5.82 Å². The SMILES string of the molecule is CN(Cc1ccc(F)cc1)c1ncc(CCN)cn1. The van der Waals surface area contributed by atoms with Crippen molar-refractivity contribution < 1.29 is 4.39 Å². The Hall–Kier alpha value is -2.01. The molecule has 0 aliphatic carbocycles. The molecule has 1 aromatic carbocycles. The van der Waals surface area contributed by atoms with Crippen LogP contribution in [0.25, 0.3) is 0 Å². The number of nitrogens with zero attached hydrogens (tertiary/aromatic N) is 3. The topological polar surface area (TPSA) is 55.0 Å². The second kappa shape index (κ2) is 6.24. The largest absolute Gasteiger partial charge is 0.340 e. The monoisotopic (exact) mass is 260 g/mol. The van der Waals surface area contributed by atoms with E-state index >= 15 is 0 Å². The molecule has 0 saturated carbocycles. The molecule has 0 fully saturated rings. The van der Waals surface area contributed by atoms with E-state index in [-0.39, 0.29) is 5.82 Å². The maximum Gasteiger partial charge on any atom is 0.225 e. The highest BCUT2D eigenvalue weighted by molar-refractivity contribution is 5.31. The molecule has 0 saturated heterocycles. The van der Waals surface area contributed by atoms with Crippen LogP contribution in [0.5, 0.6) is 0 Å². The summed E-state index contributed by atoms with van der Waals surface area (Å²) in [5.74, 6) is 0.416. The predicted molar refractivity (Wildman–Crippen MR) is 73.3 cm³/mol. The van der Waals surface area contributed by atoms with Crippen LogP contribution in [0.3, 0.4) is 0 Å². The molecule has 4 nitrogen and oxygen atoms in total. The van der Waals surface area contributed by atoms with Gasteiger partial charge in [-0.25, -0.2) is 14.4 Å². The van der Waals surface area contributed by atoms with Gasteiger partial charge >= 0.3 is 0 Å². The Bertz CT molecular complexity index is 510. The number of anilines is 1. The van der Waals surface area contributed by atoms with Crippen molar-refractivity contribution in [3.05, 3.63) is 53.6 Å². The van der Waals surface area contributed by atoms with E-state index < -0.39 is 0 Å². The first-order valence-corrected chi connectivity index (χ1v) is 6.15. The van der Waals surface area contributed by atoms with E-state index in [1.165, 1.54) is 12.1 Å². The van der Waals surface area contributed by atoms with Crippen LogP contribution in [0.15, 0.2) is 36.7 Å². The summed E-state index contributed by atoms with van der Waals surface area (Å²) in [6.07, 6.45) is 4.36. The van der Waals surface area contributed by atoms with Crippen LogP contribution >= 0.6 is 0 Å². The third kappa shape index (κ3) is 3.72. The fourth-order valence-corrected chi connectivity index (χ4v) is 1.78. The molecular weight excluding hydrogens is 243 g/mol. The first kappa shape index (κ1) is 13.4. The zero-order valence-electron chi connectivity index (χ0n) is 10.9. The molecule has 1 aromatic heterocycles.